The summed E-state index contributed by atoms with van der Waals surface area (Å²) >= 11 is 0. The van der Waals surface area contributed by atoms with Crippen LogP contribution in [0.5, 0.6) is 0 Å². The molecule has 28 heavy (non-hydrogen) atoms. The highest BCUT2D eigenvalue weighted by molar-refractivity contribution is 6.06. The monoisotopic (exact) mass is 373 g/mol. The first kappa shape index (κ1) is 17.4. The van der Waals surface area contributed by atoms with Crippen LogP contribution in [0.25, 0.3) is 22.6 Å². The number of carbonyl (C=O) groups is 1. The number of carbonyl (C=O) groups excluding carboxylic acids is 1. The number of para-hydroxylation sites is 1. The molecule has 7 heteroatoms. The number of hydrogen-bond donors (Lipinski definition) is 1. The molecule has 1 amide bonds. The van der Waals surface area contributed by atoms with Gasteiger partial charge in [-0.3, -0.25) is 14.9 Å². The highest BCUT2D eigenvalue weighted by Crippen LogP contribution is 2.31. The van der Waals surface area contributed by atoms with Crippen molar-refractivity contribution in [3.8, 4) is 11.5 Å². The Morgan fingerprint density at radius 1 is 1.07 bits per heavy atom. The maximum absolute atomic E-state index is 12.6. The summed E-state index contributed by atoms with van der Waals surface area (Å²) in [7, 11) is 0. The topological polar surface area (TPSA) is 98.3 Å². The van der Waals surface area contributed by atoms with E-state index < -0.39 is 4.92 Å². The van der Waals surface area contributed by atoms with Crippen molar-refractivity contribution in [3.05, 3.63) is 88.0 Å². The lowest BCUT2D eigenvalue weighted by atomic mass is 10.1. The summed E-state index contributed by atoms with van der Waals surface area (Å²) in [5.74, 6) is 0.0227. The van der Waals surface area contributed by atoms with E-state index in [-0.39, 0.29) is 17.5 Å². The summed E-state index contributed by atoms with van der Waals surface area (Å²) in [5, 5.41) is 13.8. The minimum absolute atomic E-state index is 0.0618. The van der Waals surface area contributed by atoms with Gasteiger partial charge in [-0.15, -0.1) is 0 Å². The summed E-state index contributed by atoms with van der Waals surface area (Å²) in [6.45, 7) is 1.95. The Bertz CT molecular complexity index is 1200. The Morgan fingerprint density at radius 3 is 2.57 bits per heavy atom. The summed E-state index contributed by atoms with van der Waals surface area (Å²) in [4.78, 5) is 27.4. The molecule has 0 atom stereocenters. The third-order valence-electron chi connectivity index (χ3n) is 4.30. The minimum atomic E-state index is -0.483. The van der Waals surface area contributed by atoms with Crippen molar-refractivity contribution < 1.29 is 14.1 Å². The molecule has 1 aromatic heterocycles. The molecule has 0 bridgehead atoms. The fourth-order valence-corrected chi connectivity index (χ4v) is 2.82. The van der Waals surface area contributed by atoms with E-state index in [1.165, 1.54) is 18.2 Å². The second-order valence-corrected chi connectivity index (χ2v) is 6.29. The average molecular weight is 373 g/mol. The third-order valence-corrected chi connectivity index (χ3v) is 4.30. The quantitative estimate of drug-likeness (QED) is 0.402. The van der Waals surface area contributed by atoms with Crippen molar-refractivity contribution >= 4 is 28.4 Å². The lowest BCUT2D eigenvalue weighted by Gasteiger charge is -2.09. The molecule has 0 fully saturated rings. The first-order valence-electron chi connectivity index (χ1n) is 8.54. The lowest BCUT2D eigenvalue weighted by molar-refractivity contribution is -0.384. The average Bonchev–Trinajstić information content (AvgIpc) is 3.12. The number of nitro groups is 1. The lowest BCUT2D eigenvalue weighted by Crippen LogP contribution is -2.12. The van der Waals surface area contributed by atoms with Crippen LogP contribution < -0.4 is 5.32 Å². The van der Waals surface area contributed by atoms with Crippen molar-refractivity contribution in [1.29, 1.82) is 0 Å². The third kappa shape index (κ3) is 3.33. The fourth-order valence-electron chi connectivity index (χ4n) is 2.82. The molecule has 1 N–H and O–H groups in total. The molecule has 0 radical (unpaired) electrons. The largest absolute Gasteiger partial charge is 0.436 e. The highest BCUT2D eigenvalue weighted by Gasteiger charge is 2.16. The summed E-state index contributed by atoms with van der Waals surface area (Å²) < 4.78 is 5.75. The molecule has 138 valence electrons. The molecule has 3 aromatic carbocycles. The number of rotatable bonds is 4. The van der Waals surface area contributed by atoms with Crippen LogP contribution in [-0.4, -0.2) is 15.8 Å². The van der Waals surface area contributed by atoms with E-state index in [9.17, 15) is 14.9 Å². The van der Waals surface area contributed by atoms with E-state index in [1.807, 2.05) is 19.1 Å². The number of fused-ring (bicyclic) bond motifs is 1. The number of benzene rings is 3. The SMILES string of the molecule is Cc1ccc(C(=O)Nc2ccccc2-c2nc3cc([N+](=O)[O-])ccc3o2)cc1. The van der Waals surface area contributed by atoms with Crippen molar-refractivity contribution in [2.45, 2.75) is 6.92 Å². The van der Waals surface area contributed by atoms with Gasteiger partial charge in [-0.05, 0) is 37.3 Å². The van der Waals surface area contributed by atoms with Crippen LogP contribution in [0.2, 0.25) is 0 Å². The number of nitrogens with one attached hydrogen (secondary N) is 1. The first-order valence-corrected chi connectivity index (χ1v) is 8.54. The van der Waals surface area contributed by atoms with E-state index in [1.54, 1.807) is 36.4 Å². The molecule has 0 unspecified atom stereocenters. The van der Waals surface area contributed by atoms with Gasteiger partial charge in [-0.1, -0.05) is 29.8 Å². The van der Waals surface area contributed by atoms with Gasteiger partial charge in [0.05, 0.1) is 16.2 Å². The predicted molar refractivity (Wildman–Crippen MR) is 105 cm³/mol. The molecule has 0 aliphatic heterocycles. The number of non-ortho nitro benzene ring substituents is 1. The van der Waals surface area contributed by atoms with Crippen LogP contribution in [0.3, 0.4) is 0 Å². The molecule has 4 rings (SSSR count). The van der Waals surface area contributed by atoms with Crippen molar-refractivity contribution in [2.75, 3.05) is 5.32 Å². The normalized spacial score (nSPS) is 10.8. The molecule has 0 aliphatic carbocycles. The van der Waals surface area contributed by atoms with Gasteiger partial charge < -0.3 is 9.73 Å². The summed E-state index contributed by atoms with van der Waals surface area (Å²) in [5.41, 5.74) is 3.47. The van der Waals surface area contributed by atoms with E-state index in [0.717, 1.165) is 5.56 Å². The number of aromatic nitrogens is 1. The van der Waals surface area contributed by atoms with Gasteiger partial charge in [-0.2, -0.15) is 0 Å². The van der Waals surface area contributed by atoms with Crippen molar-refractivity contribution in [1.82, 2.24) is 4.98 Å². The van der Waals surface area contributed by atoms with E-state index >= 15 is 0 Å². The van der Waals surface area contributed by atoms with Gasteiger partial charge in [0.25, 0.3) is 11.6 Å². The zero-order valence-corrected chi connectivity index (χ0v) is 14.9. The maximum Gasteiger partial charge on any atom is 0.271 e. The zero-order valence-electron chi connectivity index (χ0n) is 14.9. The Labute approximate surface area is 159 Å². The molecule has 4 aromatic rings. The standard InChI is InChI=1S/C21H15N3O4/c1-13-6-8-14(9-7-13)20(25)22-17-5-3-2-4-16(17)21-23-18-12-15(24(26)27)10-11-19(18)28-21/h2-12H,1H3,(H,22,25). The molecule has 0 saturated carbocycles. The number of amides is 1. The minimum Gasteiger partial charge on any atom is -0.436 e. The van der Waals surface area contributed by atoms with Crippen LogP contribution >= 0.6 is 0 Å². The van der Waals surface area contributed by atoms with Gasteiger partial charge in [0, 0.05) is 17.7 Å². The van der Waals surface area contributed by atoms with Gasteiger partial charge in [0.1, 0.15) is 5.52 Å². The van der Waals surface area contributed by atoms with Crippen LogP contribution in [-0.2, 0) is 0 Å². The fraction of sp³-hybridized carbons (Fsp3) is 0.0476. The molecule has 7 nitrogen and oxygen atoms in total. The molecule has 0 spiro atoms. The Hall–Kier alpha value is -4.00. The van der Waals surface area contributed by atoms with Crippen LogP contribution in [0.1, 0.15) is 15.9 Å². The first-order chi connectivity index (χ1) is 13.5. The summed E-state index contributed by atoms with van der Waals surface area (Å²) in [6.07, 6.45) is 0. The second kappa shape index (κ2) is 6.96. The Balaban J connectivity index is 1.69. The molecule has 1 heterocycles. The second-order valence-electron chi connectivity index (χ2n) is 6.29. The number of nitro benzene ring substituents is 1. The van der Waals surface area contributed by atoms with Crippen LogP contribution in [0.15, 0.2) is 71.1 Å². The molecular formula is C21H15N3O4. The van der Waals surface area contributed by atoms with Crippen molar-refractivity contribution in [3.63, 3.8) is 0 Å². The number of anilines is 1. The Morgan fingerprint density at radius 2 is 1.82 bits per heavy atom. The number of nitrogens with zero attached hydrogens (tertiary/aromatic N) is 2. The number of hydrogen-bond acceptors (Lipinski definition) is 5. The van der Waals surface area contributed by atoms with Gasteiger partial charge >= 0.3 is 0 Å². The van der Waals surface area contributed by atoms with E-state index in [0.29, 0.717) is 27.9 Å². The smallest absolute Gasteiger partial charge is 0.271 e. The van der Waals surface area contributed by atoms with Gasteiger partial charge in [0.15, 0.2) is 5.58 Å². The van der Waals surface area contributed by atoms with Crippen molar-refractivity contribution in [2.24, 2.45) is 0 Å². The molecule has 0 aliphatic rings. The Kier molecular flexibility index (Phi) is 4.33. The predicted octanol–water partition coefficient (Wildman–Crippen LogP) is 4.96. The number of oxazole rings is 1. The number of aryl methyl sites for hydroxylation is 1. The van der Waals surface area contributed by atoms with E-state index in [4.69, 9.17) is 4.42 Å². The van der Waals surface area contributed by atoms with Crippen LogP contribution in [0.4, 0.5) is 11.4 Å². The maximum atomic E-state index is 12.6. The zero-order chi connectivity index (χ0) is 19.7. The van der Waals surface area contributed by atoms with Gasteiger partial charge in [0.2, 0.25) is 5.89 Å². The van der Waals surface area contributed by atoms with Gasteiger partial charge in [-0.25, -0.2) is 4.98 Å². The van der Waals surface area contributed by atoms with Crippen LogP contribution in [0, 0.1) is 17.0 Å². The van der Waals surface area contributed by atoms with E-state index in [2.05, 4.69) is 10.3 Å². The highest BCUT2D eigenvalue weighted by atomic mass is 16.6. The molecular weight excluding hydrogens is 358 g/mol. The molecule has 0 saturated heterocycles. The summed E-state index contributed by atoms with van der Waals surface area (Å²) in [6, 6.07) is 18.6.